The van der Waals surface area contributed by atoms with Crippen LogP contribution in [0.3, 0.4) is 0 Å². The van der Waals surface area contributed by atoms with Gasteiger partial charge in [0.1, 0.15) is 6.61 Å². The summed E-state index contributed by atoms with van der Waals surface area (Å²) in [5.74, 6) is 0.723. The highest BCUT2D eigenvalue weighted by molar-refractivity contribution is 9.10. The molecule has 0 fully saturated rings. The lowest BCUT2D eigenvalue weighted by molar-refractivity contribution is 0.0955. The molecule has 0 bridgehead atoms. The number of rotatable bonds is 7. The van der Waals surface area contributed by atoms with Gasteiger partial charge in [-0.15, -0.1) is 0 Å². The molecule has 0 aliphatic carbocycles. The van der Waals surface area contributed by atoms with Crippen LogP contribution in [0.1, 0.15) is 21.5 Å². The van der Waals surface area contributed by atoms with Gasteiger partial charge in [0.25, 0.3) is 5.91 Å². The smallest absolute Gasteiger partial charge is 0.271 e. The van der Waals surface area contributed by atoms with Crippen LogP contribution in [-0.4, -0.2) is 19.2 Å². The highest BCUT2D eigenvalue weighted by atomic mass is 79.9. The van der Waals surface area contributed by atoms with Crippen molar-refractivity contribution in [3.8, 4) is 11.5 Å². The largest absolute Gasteiger partial charge is 0.493 e. The summed E-state index contributed by atoms with van der Waals surface area (Å²) in [6, 6.07) is 22.2. The Morgan fingerprint density at radius 2 is 1.82 bits per heavy atom. The van der Waals surface area contributed by atoms with Gasteiger partial charge in [-0.2, -0.15) is 5.10 Å². The molecule has 34 heavy (non-hydrogen) atoms. The maximum Gasteiger partial charge on any atom is 0.271 e. The van der Waals surface area contributed by atoms with Gasteiger partial charge in [-0.05, 0) is 68.7 Å². The Morgan fingerprint density at radius 1 is 1.03 bits per heavy atom. The molecular weight excluding hydrogens is 539 g/mol. The van der Waals surface area contributed by atoms with Crippen LogP contribution in [0.25, 0.3) is 10.8 Å². The molecule has 0 aliphatic rings. The molecule has 0 saturated heterocycles. The lowest BCUT2D eigenvalue weighted by Gasteiger charge is -2.14. The number of hydrogen-bond donors (Lipinski definition) is 1. The molecule has 4 aromatic carbocycles. The minimum Gasteiger partial charge on any atom is -0.493 e. The van der Waals surface area contributed by atoms with Crippen molar-refractivity contribution in [2.45, 2.75) is 6.61 Å². The molecule has 0 aliphatic heterocycles. The predicted octanol–water partition coefficient (Wildman–Crippen LogP) is 7.26. The van der Waals surface area contributed by atoms with Crippen LogP contribution in [0.4, 0.5) is 0 Å². The number of hydrogen-bond acceptors (Lipinski definition) is 4. The fourth-order valence-corrected chi connectivity index (χ4v) is 4.34. The van der Waals surface area contributed by atoms with Crippen LogP contribution < -0.4 is 14.9 Å². The third kappa shape index (κ3) is 5.70. The van der Waals surface area contributed by atoms with Crippen molar-refractivity contribution in [3.05, 3.63) is 104 Å². The van der Waals surface area contributed by atoms with E-state index in [1.54, 1.807) is 31.4 Å². The van der Waals surface area contributed by atoms with Crippen molar-refractivity contribution in [1.29, 1.82) is 0 Å². The molecule has 1 amide bonds. The Morgan fingerprint density at radius 3 is 2.59 bits per heavy atom. The van der Waals surface area contributed by atoms with E-state index >= 15 is 0 Å². The molecule has 0 atom stereocenters. The Balaban J connectivity index is 1.45. The van der Waals surface area contributed by atoms with E-state index in [1.165, 1.54) is 6.21 Å². The number of halogens is 3. The summed E-state index contributed by atoms with van der Waals surface area (Å²) in [7, 11) is 1.55. The average Bonchev–Trinajstić information content (AvgIpc) is 2.83. The summed E-state index contributed by atoms with van der Waals surface area (Å²) in [4.78, 5) is 12.5. The first-order valence-corrected chi connectivity index (χ1v) is 11.8. The first kappa shape index (κ1) is 24.1. The molecule has 0 unspecified atom stereocenters. The Bertz CT molecular complexity index is 1390. The number of carbonyl (C=O) groups is 1. The maximum absolute atomic E-state index is 12.5. The van der Waals surface area contributed by atoms with Crippen LogP contribution >= 0.6 is 39.1 Å². The molecule has 0 spiro atoms. The van der Waals surface area contributed by atoms with Crippen molar-refractivity contribution >= 4 is 62.0 Å². The summed E-state index contributed by atoms with van der Waals surface area (Å²) in [6.45, 7) is 0.236. The number of nitrogens with one attached hydrogen (secondary N) is 1. The molecule has 172 valence electrons. The first-order chi connectivity index (χ1) is 16.4. The second-order valence-electron chi connectivity index (χ2n) is 7.32. The lowest BCUT2D eigenvalue weighted by atomic mass is 10.1. The Hall–Kier alpha value is -3.06. The van der Waals surface area contributed by atoms with E-state index < -0.39 is 0 Å². The van der Waals surface area contributed by atoms with Crippen molar-refractivity contribution in [2.75, 3.05) is 7.11 Å². The van der Waals surface area contributed by atoms with Gasteiger partial charge in [0, 0.05) is 21.2 Å². The van der Waals surface area contributed by atoms with Gasteiger partial charge in [0.05, 0.1) is 17.8 Å². The summed E-state index contributed by atoms with van der Waals surface area (Å²) >= 11 is 15.7. The van der Waals surface area contributed by atoms with Gasteiger partial charge in [0.2, 0.25) is 0 Å². The lowest BCUT2D eigenvalue weighted by Crippen LogP contribution is -2.17. The minimum atomic E-state index is -0.298. The van der Waals surface area contributed by atoms with Gasteiger partial charge >= 0.3 is 0 Å². The summed E-state index contributed by atoms with van der Waals surface area (Å²) < 4.78 is 12.1. The van der Waals surface area contributed by atoms with E-state index in [-0.39, 0.29) is 12.5 Å². The number of hydrazone groups is 1. The monoisotopic (exact) mass is 556 g/mol. The molecule has 1 N–H and O–H groups in total. The standard InChI is InChI=1S/C26H19BrCl2N2O3/c1-33-24-11-16(10-22(27)25(24)34-15-20-8-9-21(28)13-23(20)29)14-30-31-26(32)19-7-6-17-4-2-3-5-18(17)12-19/h2-14H,15H2,1H3,(H,31,32)/b30-14-. The van der Waals surface area contributed by atoms with Gasteiger partial charge in [-0.3, -0.25) is 4.79 Å². The first-order valence-electron chi connectivity index (χ1n) is 10.2. The van der Waals surface area contributed by atoms with Crippen molar-refractivity contribution in [1.82, 2.24) is 5.43 Å². The zero-order valence-corrected chi connectivity index (χ0v) is 21.1. The molecule has 4 rings (SSSR count). The van der Waals surface area contributed by atoms with E-state index in [2.05, 4.69) is 26.5 Å². The predicted molar refractivity (Wildman–Crippen MR) is 140 cm³/mol. The van der Waals surface area contributed by atoms with E-state index in [4.69, 9.17) is 32.7 Å². The minimum absolute atomic E-state index is 0.236. The van der Waals surface area contributed by atoms with Crippen LogP contribution in [0, 0.1) is 0 Å². The molecular formula is C26H19BrCl2N2O3. The SMILES string of the molecule is COc1cc(/C=N\NC(=O)c2ccc3ccccc3c2)cc(Br)c1OCc1ccc(Cl)cc1Cl. The molecule has 5 nitrogen and oxygen atoms in total. The van der Waals surface area contributed by atoms with Crippen molar-refractivity contribution in [2.24, 2.45) is 5.10 Å². The fourth-order valence-electron chi connectivity index (χ4n) is 3.30. The van der Waals surface area contributed by atoms with Gasteiger partial charge in [-0.1, -0.05) is 59.6 Å². The summed E-state index contributed by atoms with van der Waals surface area (Å²) in [6.07, 6.45) is 1.53. The summed E-state index contributed by atoms with van der Waals surface area (Å²) in [5.41, 5.74) is 4.59. The third-order valence-electron chi connectivity index (χ3n) is 5.03. The average molecular weight is 558 g/mol. The number of nitrogens with zero attached hydrogens (tertiary/aromatic N) is 1. The molecule has 0 saturated carbocycles. The van der Waals surface area contributed by atoms with Crippen LogP contribution in [0.15, 0.2) is 82.4 Å². The number of fused-ring (bicyclic) bond motifs is 1. The third-order valence-corrected chi connectivity index (χ3v) is 6.21. The van der Waals surface area contributed by atoms with Crippen molar-refractivity contribution < 1.29 is 14.3 Å². The van der Waals surface area contributed by atoms with E-state index in [1.807, 2.05) is 48.5 Å². The summed E-state index contributed by atoms with van der Waals surface area (Å²) in [5, 5.41) is 7.23. The molecule has 0 heterocycles. The van der Waals surface area contributed by atoms with Crippen LogP contribution in [0.5, 0.6) is 11.5 Å². The Labute approximate surface area is 215 Å². The molecule has 0 radical (unpaired) electrons. The second-order valence-corrected chi connectivity index (χ2v) is 9.02. The number of carbonyl (C=O) groups excluding carboxylic acids is 1. The second kappa shape index (κ2) is 10.9. The van der Waals surface area contributed by atoms with Crippen LogP contribution in [0.2, 0.25) is 10.0 Å². The number of benzene rings is 4. The van der Waals surface area contributed by atoms with Gasteiger partial charge < -0.3 is 9.47 Å². The highest BCUT2D eigenvalue weighted by Crippen LogP contribution is 2.37. The zero-order valence-electron chi connectivity index (χ0n) is 18.0. The fraction of sp³-hybridized carbons (Fsp3) is 0.0769. The normalized spacial score (nSPS) is 11.1. The molecule has 8 heteroatoms. The molecule has 0 aromatic heterocycles. The van der Waals surface area contributed by atoms with Gasteiger partial charge in [-0.25, -0.2) is 5.43 Å². The highest BCUT2D eigenvalue weighted by Gasteiger charge is 2.13. The quantitative estimate of drug-likeness (QED) is 0.192. The van der Waals surface area contributed by atoms with E-state index in [0.29, 0.717) is 37.1 Å². The van der Waals surface area contributed by atoms with Crippen molar-refractivity contribution in [3.63, 3.8) is 0 Å². The number of methoxy groups -OCH3 is 1. The molecule has 4 aromatic rings. The Kier molecular flexibility index (Phi) is 7.73. The van der Waals surface area contributed by atoms with E-state index in [0.717, 1.165) is 16.3 Å². The van der Waals surface area contributed by atoms with Gasteiger partial charge in [0.15, 0.2) is 11.5 Å². The zero-order chi connectivity index (χ0) is 24.1. The van der Waals surface area contributed by atoms with E-state index in [9.17, 15) is 4.79 Å². The van der Waals surface area contributed by atoms with Crippen LogP contribution in [-0.2, 0) is 6.61 Å². The topological polar surface area (TPSA) is 59.9 Å². The maximum atomic E-state index is 12.5. The number of amides is 1. The number of ether oxygens (including phenoxy) is 2.